The number of carbonyl (C=O) groups is 2. The number of ether oxygens (including phenoxy) is 2. The van der Waals surface area contributed by atoms with Crippen LogP contribution in [0.5, 0.6) is 11.5 Å². The molecule has 3 aromatic rings. The van der Waals surface area contributed by atoms with Gasteiger partial charge in [-0.3, -0.25) is 0 Å². The van der Waals surface area contributed by atoms with E-state index in [1.807, 2.05) is 24.4 Å². The second kappa shape index (κ2) is 11.7. The number of thiazole rings is 1. The highest BCUT2D eigenvalue weighted by Gasteiger charge is 2.38. The summed E-state index contributed by atoms with van der Waals surface area (Å²) in [5.74, 6) is -2.11. The highest BCUT2D eigenvalue weighted by molar-refractivity contribution is 7.13. The fraction of sp³-hybridized carbons (Fsp3) is 0.200. The van der Waals surface area contributed by atoms with Crippen LogP contribution in [0.25, 0.3) is 0 Å². The summed E-state index contributed by atoms with van der Waals surface area (Å²) in [7, 11) is 0. The molecule has 13 heteroatoms. The summed E-state index contributed by atoms with van der Waals surface area (Å²) in [4.78, 5) is 28.1. The van der Waals surface area contributed by atoms with Gasteiger partial charge in [-0.1, -0.05) is 12.1 Å². The van der Waals surface area contributed by atoms with Gasteiger partial charge in [-0.15, -0.1) is 11.3 Å². The van der Waals surface area contributed by atoms with Crippen LogP contribution in [-0.4, -0.2) is 44.9 Å². The van der Waals surface area contributed by atoms with Crippen molar-refractivity contribution in [2.45, 2.75) is 19.7 Å². The SMILES string of the molecule is Cc1csc(Nc2ncccc2OCc2cccc(OCC(=O)O)c2)n1.O=C(O)C(F)(F)F. The van der Waals surface area contributed by atoms with E-state index in [9.17, 15) is 18.0 Å². The van der Waals surface area contributed by atoms with Gasteiger partial charge in [-0.25, -0.2) is 19.6 Å². The molecule has 0 saturated heterocycles. The Balaban J connectivity index is 0.000000479. The normalized spacial score (nSPS) is 10.5. The molecule has 3 N–H and O–H groups in total. The monoisotopic (exact) mass is 485 g/mol. The number of carboxylic acid groups (broad SMARTS) is 2. The van der Waals surface area contributed by atoms with Gasteiger partial charge in [-0.2, -0.15) is 13.2 Å². The van der Waals surface area contributed by atoms with Crippen molar-refractivity contribution in [1.29, 1.82) is 0 Å². The van der Waals surface area contributed by atoms with E-state index in [2.05, 4.69) is 15.3 Å². The molecule has 0 unspecified atom stereocenters. The summed E-state index contributed by atoms with van der Waals surface area (Å²) in [6.07, 6.45) is -3.41. The summed E-state index contributed by atoms with van der Waals surface area (Å²) < 4.78 is 42.8. The molecule has 3 rings (SSSR count). The van der Waals surface area contributed by atoms with Gasteiger partial charge in [0.05, 0.1) is 5.69 Å². The smallest absolute Gasteiger partial charge is 0.485 e. The first kappa shape index (κ1) is 25.4. The van der Waals surface area contributed by atoms with Gasteiger partial charge in [-0.05, 0) is 36.8 Å². The molecule has 0 bridgehead atoms. The molecule has 1 aromatic carbocycles. The molecule has 0 saturated carbocycles. The zero-order chi connectivity index (χ0) is 24.4. The van der Waals surface area contributed by atoms with Crippen molar-refractivity contribution in [2.24, 2.45) is 0 Å². The van der Waals surface area contributed by atoms with Crippen LogP contribution >= 0.6 is 11.3 Å². The lowest BCUT2D eigenvalue weighted by Gasteiger charge is -2.11. The second-order valence-corrected chi connectivity index (χ2v) is 7.05. The Morgan fingerprint density at radius 2 is 1.88 bits per heavy atom. The quantitative estimate of drug-likeness (QED) is 0.428. The highest BCUT2D eigenvalue weighted by atomic mass is 32.1. The third-order valence-corrected chi connectivity index (χ3v) is 4.39. The minimum Gasteiger partial charge on any atom is -0.485 e. The molecule has 9 nitrogen and oxygen atoms in total. The Labute approximate surface area is 189 Å². The summed E-state index contributed by atoms with van der Waals surface area (Å²) in [6, 6.07) is 10.7. The van der Waals surface area contributed by atoms with Crippen LogP contribution in [0.3, 0.4) is 0 Å². The van der Waals surface area contributed by atoms with Crippen LogP contribution in [-0.2, 0) is 16.2 Å². The molecule has 2 aromatic heterocycles. The molecule has 0 fully saturated rings. The zero-order valence-corrected chi connectivity index (χ0v) is 17.8. The second-order valence-electron chi connectivity index (χ2n) is 6.19. The number of aliphatic carboxylic acids is 2. The number of alkyl halides is 3. The fourth-order valence-electron chi connectivity index (χ4n) is 2.14. The van der Waals surface area contributed by atoms with Crippen molar-refractivity contribution < 1.29 is 42.4 Å². The Hall–Kier alpha value is -3.87. The number of nitrogens with one attached hydrogen (secondary N) is 1. The average molecular weight is 485 g/mol. The van der Waals surface area contributed by atoms with Gasteiger partial charge in [0.2, 0.25) is 0 Å². The molecule has 0 spiro atoms. The highest BCUT2D eigenvalue weighted by Crippen LogP contribution is 2.27. The summed E-state index contributed by atoms with van der Waals surface area (Å²) in [5.41, 5.74) is 1.79. The lowest BCUT2D eigenvalue weighted by atomic mass is 10.2. The number of hydrogen-bond donors (Lipinski definition) is 3. The lowest BCUT2D eigenvalue weighted by molar-refractivity contribution is -0.192. The lowest BCUT2D eigenvalue weighted by Crippen LogP contribution is -2.21. The predicted molar refractivity (Wildman–Crippen MR) is 112 cm³/mol. The number of rotatable bonds is 8. The number of aryl methyl sites for hydroxylation is 1. The van der Waals surface area contributed by atoms with Crippen molar-refractivity contribution in [3.8, 4) is 11.5 Å². The Morgan fingerprint density at radius 3 is 2.48 bits per heavy atom. The van der Waals surface area contributed by atoms with Crippen molar-refractivity contribution in [2.75, 3.05) is 11.9 Å². The Morgan fingerprint density at radius 1 is 1.15 bits per heavy atom. The van der Waals surface area contributed by atoms with Gasteiger partial charge in [0, 0.05) is 11.6 Å². The number of carboxylic acids is 2. The van der Waals surface area contributed by atoms with Crippen molar-refractivity contribution in [3.63, 3.8) is 0 Å². The Kier molecular flexibility index (Phi) is 8.98. The molecule has 0 aliphatic heterocycles. The van der Waals surface area contributed by atoms with E-state index in [-0.39, 0.29) is 6.61 Å². The predicted octanol–water partition coefficient (Wildman–Crippen LogP) is 4.27. The van der Waals surface area contributed by atoms with Crippen LogP contribution in [0.15, 0.2) is 48.0 Å². The van der Waals surface area contributed by atoms with E-state index in [4.69, 9.17) is 24.5 Å². The van der Waals surface area contributed by atoms with E-state index >= 15 is 0 Å². The van der Waals surface area contributed by atoms with E-state index in [0.717, 1.165) is 16.4 Å². The zero-order valence-electron chi connectivity index (χ0n) is 17.0. The fourth-order valence-corrected chi connectivity index (χ4v) is 2.83. The standard InChI is InChI=1S/C18H17N3O4S.C2HF3O2/c1-12-11-26-18(20-12)21-17-15(6-3-7-19-17)25-9-13-4-2-5-14(8-13)24-10-16(22)23;3-2(4,5)1(6)7/h2-8,11H,9-10H2,1H3,(H,22,23)(H,19,20,21);(H,6,7). The van der Waals surface area contributed by atoms with Crippen LogP contribution in [0.2, 0.25) is 0 Å². The van der Waals surface area contributed by atoms with Crippen molar-refractivity contribution in [1.82, 2.24) is 9.97 Å². The van der Waals surface area contributed by atoms with E-state index in [1.54, 1.807) is 30.5 Å². The third kappa shape index (κ3) is 9.03. The molecule has 0 radical (unpaired) electrons. The number of halogens is 3. The number of nitrogens with zero attached hydrogens (tertiary/aromatic N) is 2. The summed E-state index contributed by atoms with van der Waals surface area (Å²) in [5, 5.41) is 21.7. The average Bonchev–Trinajstić information content (AvgIpc) is 3.16. The van der Waals surface area contributed by atoms with Gasteiger partial charge in [0.25, 0.3) is 0 Å². The summed E-state index contributed by atoms with van der Waals surface area (Å²) >= 11 is 1.50. The topological polar surface area (TPSA) is 131 Å². The molecule has 2 heterocycles. The molecule has 33 heavy (non-hydrogen) atoms. The van der Waals surface area contributed by atoms with Gasteiger partial charge in [0.1, 0.15) is 12.4 Å². The van der Waals surface area contributed by atoms with Crippen LogP contribution < -0.4 is 14.8 Å². The van der Waals surface area contributed by atoms with E-state index in [0.29, 0.717) is 23.9 Å². The van der Waals surface area contributed by atoms with E-state index < -0.39 is 18.1 Å². The number of aromatic nitrogens is 2. The van der Waals surface area contributed by atoms with Gasteiger partial charge < -0.3 is 25.0 Å². The van der Waals surface area contributed by atoms with Gasteiger partial charge in [0.15, 0.2) is 23.3 Å². The summed E-state index contributed by atoms with van der Waals surface area (Å²) in [6.45, 7) is 1.84. The van der Waals surface area contributed by atoms with Crippen molar-refractivity contribution in [3.05, 3.63) is 59.2 Å². The third-order valence-electron chi connectivity index (χ3n) is 3.51. The molecule has 0 aliphatic rings. The molecular formula is C20H18F3N3O6S. The van der Waals surface area contributed by atoms with Gasteiger partial charge >= 0.3 is 18.1 Å². The molecular weight excluding hydrogens is 467 g/mol. The molecule has 0 amide bonds. The minimum absolute atomic E-state index is 0.293. The maximum atomic E-state index is 10.6. The number of benzene rings is 1. The molecule has 176 valence electrons. The first-order valence-corrected chi connectivity index (χ1v) is 9.93. The minimum atomic E-state index is -5.08. The molecule has 0 aliphatic carbocycles. The molecule has 0 atom stereocenters. The van der Waals surface area contributed by atoms with Crippen molar-refractivity contribution >= 4 is 34.2 Å². The maximum absolute atomic E-state index is 10.6. The van der Waals surface area contributed by atoms with Crippen LogP contribution in [0.1, 0.15) is 11.3 Å². The number of pyridine rings is 1. The Bertz CT molecular complexity index is 1090. The van der Waals surface area contributed by atoms with E-state index in [1.165, 1.54) is 11.3 Å². The maximum Gasteiger partial charge on any atom is 0.490 e. The number of hydrogen-bond acceptors (Lipinski definition) is 8. The van der Waals surface area contributed by atoms with Crippen LogP contribution in [0, 0.1) is 6.92 Å². The largest absolute Gasteiger partial charge is 0.490 e. The number of anilines is 2. The first-order valence-electron chi connectivity index (χ1n) is 9.05. The first-order chi connectivity index (χ1) is 15.5. The van der Waals surface area contributed by atoms with Crippen LogP contribution in [0.4, 0.5) is 24.1 Å².